The van der Waals surface area contributed by atoms with Crippen molar-refractivity contribution >= 4 is 5.78 Å². The highest BCUT2D eigenvalue weighted by molar-refractivity contribution is 6.02. The third-order valence-electron chi connectivity index (χ3n) is 4.61. The average molecular weight is 274 g/mol. The van der Waals surface area contributed by atoms with Gasteiger partial charge in [-0.1, -0.05) is 12.8 Å². The van der Waals surface area contributed by atoms with Crippen molar-refractivity contribution < 1.29 is 14.3 Å². The number of rotatable bonds is 1. The molecule has 3 heteroatoms. The number of benzene rings is 1. The van der Waals surface area contributed by atoms with Crippen LogP contribution in [0.1, 0.15) is 60.9 Å². The van der Waals surface area contributed by atoms with Gasteiger partial charge in [0, 0.05) is 6.07 Å². The number of carbonyl (C=O) groups is 1. The highest BCUT2D eigenvalue weighted by Crippen LogP contribution is 2.43. The Morgan fingerprint density at radius 3 is 2.50 bits per heavy atom. The SMILES string of the molecule is COc1cc(C)c2c(c1)OC1(CCCCCC1)CC2=O. The van der Waals surface area contributed by atoms with Gasteiger partial charge < -0.3 is 9.47 Å². The monoisotopic (exact) mass is 274 g/mol. The minimum atomic E-state index is -0.264. The predicted octanol–water partition coefficient (Wildman–Crippen LogP) is 4.06. The average Bonchev–Trinajstić information content (AvgIpc) is 2.63. The lowest BCUT2D eigenvalue weighted by Crippen LogP contribution is -2.41. The first kappa shape index (κ1) is 13.5. The molecule has 20 heavy (non-hydrogen) atoms. The first-order chi connectivity index (χ1) is 9.63. The zero-order valence-electron chi connectivity index (χ0n) is 12.3. The van der Waals surface area contributed by atoms with E-state index in [1.54, 1.807) is 7.11 Å². The zero-order chi connectivity index (χ0) is 14.2. The van der Waals surface area contributed by atoms with Gasteiger partial charge >= 0.3 is 0 Å². The van der Waals surface area contributed by atoms with E-state index in [1.807, 2.05) is 19.1 Å². The standard InChI is InChI=1S/C17H22O3/c1-12-9-13(19-2)10-15-16(12)14(18)11-17(20-15)7-5-3-4-6-8-17/h9-10H,3-8,11H2,1-2H3. The molecule has 1 fully saturated rings. The molecule has 3 nitrogen and oxygen atoms in total. The van der Waals surface area contributed by atoms with Crippen molar-refractivity contribution in [2.24, 2.45) is 0 Å². The summed E-state index contributed by atoms with van der Waals surface area (Å²) in [5.74, 6) is 1.72. The number of ketones is 1. The topological polar surface area (TPSA) is 35.5 Å². The van der Waals surface area contributed by atoms with Gasteiger partial charge in [-0.15, -0.1) is 0 Å². The largest absolute Gasteiger partial charge is 0.497 e. The molecule has 0 amide bonds. The van der Waals surface area contributed by atoms with Crippen molar-refractivity contribution in [3.05, 3.63) is 23.3 Å². The Kier molecular flexibility index (Phi) is 3.45. The van der Waals surface area contributed by atoms with E-state index in [2.05, 4.69) is 0 Å². The Bertz CT molecular complexity index is 525. The fraction of sp³-hybridized carbons (Fsp3) is 0.588. The van der Waals surface area contributed by atoms with Gasteiger partial charge in [0.25, 0.3) is 0 Å². The lowest BCUT2D eigenvalue weighted by molar-refractivity contribution is 0.0295. The summed E-state index contributed by atoms with van der Waals surface area (Å²) in [6.07, 6.45) is 7.35. The van der Waals surface area contributed by atoms with Crippen molar-refractivity contribution in [2.45, 2.75) is 57.5 Å². The molecule has 0 atom stereocenters. The molecule has 1 aromatic rings. The van der Waals surface area contributed by atoms with E-state index in [0.717, 1.165) is 48.3 Å². The van der Waals surface area contributed by atoms with Crippen molar-refractivity contribution in [2.75, 3.05) is 7.11 Å². The van der Waals surface area contributed by atoms with Crippen LogP contribution in [0.15, 0.2) is 12.1 Å². The summed E-state index contributed by atoms with van der Waals surface area (Å²) in [6, 6.07) is 3.78. The Hall–Kier alpha value is -1.51. The van der Waals surface area contributed by atoms with Crippen LogP contribution in [0.3, 0.4) is 0 Å². The van der Waals surface area contributed by atoms with E-state index in [0.29, 0.717) is 6.42 Å². The summed E-state index contributed by atoms with van der Waals surface area (Å²) in [6.45, 7) is 1.95. The number of fused-ring (bicyclic) bond motifs is 1. The van der Waals surface area contributed by atoms with Gasteiger partial charge in [0.1, 0.15) is 17.1 Å². The van der Waals surface area contributed by atoms with Crippen molar-refractivity contribution in [3.63, 3.8) is 0 Å². The molecular weight excluding hydrogens is 252 g/mol. The summed E-state index contributed by atoms with van der Waals surface area (Å²) >= 11 is 0. The Morgan fingerprint density at radius 1 is 1.15 bits per heavy atom. The second kappa shape index (κ2) is 5.12. The molecule has 1 saturated carbocycles. The minimum Gasteiger partial charge on any atom is -0.497 e. The van der Waals surface area contributed by atoms with E-state index in [4.69, 9.17) is 9.47 Å². The van der Waals surface area contributed by atoms with Crippen LogP contribution >= 0.6 is 0 Å². The number of hydrogen-bond acceptors (Lipinski definition) is 3. The summed E-state index contributed by atoms with van der Waals surface area (Å²) < 4.78 is 11.6. The highest BCUT2D eigenvalue weighted by Gasteiger charge is 2.41. The lowest BCUT2D eigenvalue weighted by Gasteiger charge is -2.38. The first-order valence-corrected chi connectivity index (χ1v) is 7.54. The maximum absolute atomic E-state index is 12.6. The Morgan fingerprint density at radius 2 is 1.85 bits per heavy atom. The second-order valence-corrected chi connectivity index (χ2v) is 6.12. The summed E-state index contributed by atoms with van der Waals surface area (Å²) in [5, 5.41) is 0. The third-order valence-corrected chi connectivity index (χ3v) is 4.61. The molecule has 0 aromatic heterocycles. The number of Topliss-reactive ketones (excluding diaryl/α,β-unsaturated/α-hetero) is 1. The van der Waals surface area contributed by atoms with Crippen LogP contribution in [-0.4, -0.2) is 18.5 Å². The maximum Gasteiger partial charge on any atom is 0.170 e. The molecule has 0 radical (unpaired) electrons. The van der Waals surface area contributed by atoms with Crippen LogP contribution in [0.25, 0.3) is 0 Å². The van der Waals surface area contributed by atoms with Gasteiger partial charge in [-0.3, -0.25) is 4.79 Å². The number of carbonyl (C=O) groups excluding carboxylic acids is 1. The van der Waals surface area contributed by atoms with Gasteiger partial charge in [0.05, 0.1) is 19.1 Å². The Labute approximate surface area is 120 Å². The summed E-state index contributed by atoms with van der Waals surface area (Å²) in [7, 11) is 1.65. The Balaban J connectivity index is 2.00. The van der Waals surface area contributed by atoms with Crippen LogP contribution in [0.2, 0.25) is 0 Å². The molecule has 108 valence electrons. The van der Waals surface area contributed by atoms with Crippen molar-refractivity contribution in [1.29, 1.82) is 0 Å². The van der Waals surface area contributed by atoms with Gasteiger partial charge in [-0.25, -0.2) is 0 Å². The molecular formula is C17H22O3. The molecule has 2 aliphatic rings. The third kappa shape index (κ3) is 2.30. The van der Waals surface area contributed by atoms with Crippen molar-refractivity contribution in [3.8, 4) is 11.5 Å². The van der Waals surface area contributed by atoms with E-state index in [9.17, 15) is 4.79 Å². The zero-order valence-corrected chi connectivity index (χ0v) is 12.3. The summed E-state index contributed by atoms with van der Waals surface area (Å²) in [4.78, 5) is 12.6. The number of hydrogen-bond donors (Lipinski definition) is 0. The molecule has 0 saturated heterocycles. The number of methoxy groups -OCH3 is 1. The predicted molar refractivity (Wildman–Crippen MR) is 77.7 cm³/mol. The molecule has 0 N–H and O–H groups in total. The quantitative estimate of drug-likeness (QED) is 0.774. The van der Waals surface area contributed by atoms with Gasteiger partial charge in [-0.2, -0.15) is 0 Å². The number of aryl methyl sites for hydroxylation is 1. The maximum atomic E-state index is 12.6. The highest BCUT2D eigenvalue weighted by atomic mass is 16.5. The molecule has 0 bridgehead atoms. The molecule has 1 aromatic carbocycles. The van der Waals surface area contributed by atoms with Crippen LogP contribution in [0, 0.1) is 6.92 Å². The van der Waals surface area contributed by atoms with E-state index in [-0.39, 0.29) is 11.4 Å². The normalized spacial score (nSPS) is 21.0. The van der Waals surface area contributed by atoms with Crippen LogP contribution in [0.5, 0.6) is 11.5 Å². The van der Waals surface area contributed by atoms with E-state index < -0.39 is 0 Å². The van der Waals surface area contributed by atoms with Crippen molar-refractivity contribution in [1.82, 2.24) is 0 Å². The molecule has 1 spiro atoms. The molecule has 1 aliphatic carbocycles. The van der Waals surface area contributed by atoms with E-state index >= 15 is 0 Å². The fourth-order valence-electron chi connectivity index (χ4n) is 3.58. The first-order valence-electron chi connectivity index (χ1n) is 7.54. The molecule has 1 heterocycles. The van der Waals surface area contributed by atoms with Gasteiger partial charge in [0.2, 0.25) is 0 Å². The smallest absolute Gasteiger partial charge is 0.170 e. The fourth-order valence-corrected chi connectivity index (χ4v) is 3.58. The van der Waals surface area contributed by atoms with Crippen LogP contribution in [-0.2, 0) is 0 Å². The lowest BCUT2D eigenvalue weighted by atomic mass is 9.83. The molecule has 1 aliphatic heterocycles. The second-order valence-electron chi connectivity index (χ2n) is 6.12. The van der Waals surface area contributed by atoms with E-state index in [1.165, 1.54) is 12.8 Å². The van der Waals surface area contributed by atoms with Crippen LogP contribution in [0.4, 0.5) is 0 Å². The summed E-state index contributed by atoms with van der Waals surface area (Å²) in [5.41, 5.74) is 1.44. The molecule has 3 rings (SSSR count). The number of ether oxygens (including phenoxy) is 2. The van der Waals surface area contributed by atoms with Gasteiger partial charge in [-0.05, 0) is 44.2 Å². The van der Waals surface area contributed by atoms with Crippen LogP contribution < -0.4 is 9.47 Å². The van der Waals surface area contributed by atoms with Gasteiger partial charge in [0.15, 0.2) is 5.78 Å². The minimum absolute atomic E-state index is 0.230. The molecule has 0 unspecified atom stereocenters.